The molecule has 3 rings (SSSR count). The molecule has 1 aliphatic heterocycles. The fourth-order valence-corrected chi connectivity index (χ4v) is 3.56. The first-order valence-corrected chi connectivity index (χ1v) is 9.11. The quantitative estimate of drug-likeness (QED) is 0.751. The van der Waals surface area contributed by atoms with E-state index < -0.39 is 0 Å². The van der Waals surface area contributed by atoms with Crippen LogP contribution < -0.4 is 0 Å². The van der Waals surface area contributed by atoms with Crippen LogP contribution in [0.25, 0.3) is 5.78 Å². The first-order valence-electron chi connectivity index (χ1n) is 9.11. The summed E-state index contributed by atoms with van der Waals surface area (Å²) in [6.07, 6.45) is 4.08. The lowest BCUT2D eigenvalue weighted by Crippen LogP contribution is -2.42. The van der Waals surface area contributed by atoms with Crippen molar-refractivity contribution >= 4 is 17.7 Å². The molecule has 0 saturated carbocycles. The number of amides is 1. The highest BCUT2D eigenvalue weighted by molar-refractivity contribution is 5.78. The van der Waals surface area contributed by atoms with Crippen molar-refractivity contribution < 1.29 is 14.3 Å². The lowest BCUT2D eigenvalue weighted by Gasteiger charge is -2.31. The normalized spacial score (nSPS) is 17.5. The predicted molar refractivity (Wildman–Crippen MR) is 94.5 cm³/mol. The van der Waals surface area contributed by atoms with E-state index in [-0.39, 0.29) is 17.8 Å². The third kappa shape index (κ3) is 3.68. The number of aryl methyl sites for hydroxylation is 2. The Morgan fingerprint density at radius 2 is 2.15 bits per heavy atom. The summed E-state index contributed by atoms with van der Waals surface area (Å²) in [5.41, 5.74) is 2.86. The maximum absolute atomic E-state index is 12.7. The summed E-state index contributed by atoms with van der Waals surface area (Å²) in [6.45, 7) is 7.23. The number of carbonyl (C=O) groups excluding carboxylic acids is 2. The fraction of sp³-hybridized carbons (Fsp3) is 0.611. The fourth-order valence-electron chi connectivity index (χ4n) is 3.56. The topological polar surface area (TPSA) is 89.7 Å². The molecule has 3 heterocycles. The Kier molecular flexibility index (Phi) is 5.49. The number of fused-ring (bicyclic) bond motifs is 1. The number of hydrogen-bond donors (Lipinski definition) is 0. The van der Waals surface area contributed by atoms with E-state index in [2.05, 4.69) is 15.1 Å². The van der Waals surface area contributed by atoms with E-state index >= 15 is 0 Å². The Morgan fingerprint density at radius 3 is 2.92 bits per heavy atom. The van der Waals surface area contributed by atoms with Gasteiger partial charge in [0.1, 0.15) is 6.33 Å². The molecule has 2 aromatic rings. The van der Waals surface area contributed by atoms with Crippen LogP contribution in [0.15, 0.2) is 6.33 Å². The van der Waals surface area contributed by atoms with Crippen LogP contribution in [0.3, 0.4) is 0 Å². The molecule has 0 unspecified atom stereocenters. The number of piperidine rings is 1. The standard InChI is InChI=1S/C18H25N5O3/c1-4-26-17(25)14-6-5-9-22(10-14)16(24)8-7-15-12(2)21-18-19-11-20-23(18)13(15)3/h11,14H,4-10H2,1-3H3/t14-/m0/s1. The summed E-state index contributed by atoms with van der Waals surface area (Å²) in [7, 11) is 0. The molecule has 1 amide bonds. The van der Waals surface area contributed by atoms with Crippen LogP contribution in [0.4, 0.5) is 0 Å². The number of esters is 1. The highest BCUT2D eigenvalue weighted by Gasteiger charge is 2.29. The second-order valence-corrected chi connectivity index (χ2v) is 6.66. The van der Waals surface area contributed by atoms with E-state index in [0.29, 0.717) is 38.3 Å². The summed E-state index contributed by atoms with van der Waals surface area (Å²) in [5.74, 6) is 0.238. The number of hydrogen-bond acceptors (Lipinski definition) is 6. The molecule has 0 spiro atoms. The molecular formula is C18H25N5O3. The minimum atomic E-state index is -0.204. The van der Waals surface area contributed by atoms with Crippen molar-refractivity contribution in [1.82, 2.24) is 24.5 Å². The molecule has 1 saturated heterocycles. The summed E-state index contributed by atoms with van der Waals surface area (Å²) in [5, 5.41) is 4.18. The molecule has 0 N–H and O–H groups in total. The zero-order valence-electron chi connectivity index (χ0n) is 15.6. The minimum Gasteiger partial charge on any atom is -0.466 e. The van der Waals surface area contributed by atoms with Crippen LogP contribution in [-0.2, 0) is 20.7 Å². The van der Waals surface area contributed by atoms with Crippen LogP contribution in [0.2, 0.25) is 0 Å². The minimum absolute atomic E-state index is 0.0662. The molecule has 0 bridgehead atoms. The van der Waals surface area contributed by atoms with E-state index in [1.165, 1.54) is 6.33 Å². The first kappa shape index (κ1) is 18.3. The number of nitrogens with zero attached hydrogens (tertiary/aromatic N) is 5. The van der Waals surface area contributed by atoms with Crippen LogP contribution >= 0.6 is 0 Å². The first-order chi connectivity index (χ1) is 12.5. The van der Waals surface area contributed by atoms with Crippen molar-refractivity contribution in [2.45, 2.75) is 46.5 Å². The SMILES string of the molecule is CCOC(=O)[C@H]1CCCN(C(=O)CCc2c(C)nc3ncnn3c2C)C1. The van der Waals surface area contributed by atoms with Gasteiger partial charge in [-0.2, -0.15) is 10.1 Å². The molecule has 140 valence electrons. The maximum Gasteiger partial charge on any atom is 0.310 e. The second kappa shape index (κ2) is 7.80. The molecule has 1 atom stereocenters. The van der Waals surface area contributed by atoms with E-state index in [1.54, 1.807) is 16.3 Å². The van der Waals surface area contributed by atoms with Gasteiger partial charge in [-0.15, -0.1) is 0 Å². The Balaban J connectivity index is 1.64. The average molecular weight is 359 g/mol. The molecule has 8 nitrogen and oxygen atoms in total. The van der Waals surface area contributed by atoms with Gasteiger partial charge in [0.2, 0.25) is 5.91 Å². The molecule has 2 aromatic heterocycles. The van der Waals surface area contributed by atoms with Gasteiger partial charge in [0.25, 0.3) is 5.78 Å². The van der Waals surface area contributed by atoms with Gasteiger partial charge in [0, 0.05) is 30.9 Å². The lowest BCUT2D eigenvalue weighted by molar-refractivity contribution is -0.151. The monoisotopic (exact) mass is 359 g/mol. The molecule has 8 heteroatoms. The van der Waals surface area contributed by atoms with Crippen molar-refractivity contribution in [3.8, 4) is 0 Å². The summed E-state index contributed by atoms with van der Waals surface area (Å²) in [4.78, 5) is 34.9. The Labute approximate surface area is 152 Å². The Bertz CT molecular complexity index is 817. The van der Waals surface area contributed by atoms with Gasteiger partial charge in [-0.1, -0.05) is 0 Å². The highest BCUT2D eigenvalue weighted by atomic mass is 16.5. The molecule has 0 aliphatic carbocycles. The van der Waals surface area contributed by atoms with Crippen molar-refractivity contribution in [2.24, 2.45) is 5.92 Å². The number of ether oxygens (including phenoxy) is 1. The van der Waals surface area contributed by atoms with Gasteiger partial charge >= 0.3 is 5.97 Å². The van der Waals surface area contributed by atoms with Crippen molar-refractivity contribution in [2.75, 3.05) is 19.7 Å². The van der Waals surface area contributed by atoms with Gasteiger partial charge in [-0.25, -0.2) is 9.50 Å². The van der Waals surface area contributed by atoms with Crippen molar-refractivity contribution in [1.29, 1.82) is 0 Å². The Hall–Kier alpha value is -2.51. The lowest BCUT2D eigenvalue weighted by atomic mass is 9.97. The molecule has 1 fully saturated rings. The summed E-state index contributed by atoms with van der Waals surface area (Å²) in [6, 6.07) is 0. The van der Waals surface area contributed by atoms with Crippen LogP contribution in [-0.4, -0.2) is 56.1 Å². The van der Waals surface area contributed by atoms with E-state index in [1.807, 2.05) is 13.8 Å². The number of carbonyl (C=O) groups is 2. The summed E-state index contributed by atoms with van der Waals surface area (Å²) < 4.78 is 6.80. The van der Waals surface area contributed by atoms with Gasteiger partial charge in [-0.05, 0) is 45.6 Å². The van der Waals surface area contributed by atoms with Crippen LogP contribution in [0.5, 0.6) is 0 Å². The molecule has 0 radical (unpaired) electrons. The third-order valence-electron chi connectivity index (χ3n) is 4.97. The van der Waals surface area contributed by atoms with Gasteiger partial charge in [0.15, 0.2) is 0 Å². The van der Waals surface area contributed by atoms with Crippen molar-refractivity contribution in [3.63, 3.8) is 0 Å². The number of rotatable bonds is 5. The van der Waals surface area contributed by atoms with Gasteiger partial charge < -0.3 is 9.64 Å². The highest BCUT2D eigenvalue weighted by Crippen LogP contribution is 2.20. The number of aromatic nitrogens is 4. The Morgan fingerprint density at radius 1 is 1.35 bits per heavy atom. The second-order valence-electron chi connectivity index (χ2n) is 6.66. The van der Waals surface area contributed by atoms with Crippen LogP contribution in [0, 0.1) is 19.8 Å². The average Bonchev–Trinajstić information content (AvgIpc) is 3.10. The van der Waals surface area contributed by atoms with Crippen molar-refractivity contribution in [3.05, 3.63) is 23.3 Å². The van der Waals surface area contributed by atoms with E-state index in [9.17, 15) is 9.59 Å². The molecular weight excluding hydrogens is 334 g/mol. The van der Waals surface area contributed by atoms with Gasteiger partial charge in [-0.3, -0.25) is 9.59 Å². The largest absolute Gasteiger partial charge is 0.466 e. The predicted octanol–water partition coefficient (Wildman–Crippen LogP) is 1.48. The van der Waals surface area contributed by atoms with Crippen LogP contribution in [0.1, 0.15) is 43.1 Å². The zero-order valence-corrected chi connectivity index (χ0v) is 15.6. The third-order valence-corrected chi connectivity index (χ3v) is 4.97. The maximum atomic E-state index is 12.7. The molecule has 1 aliphatic rings. The van der Waals surface area contributed by atoms with Gasteiger partial charge in [0.05, 0.1) is 12.5 Å². The number of likely N-dealkylation sites (tertiary alicyclic amines) is 1. The molecule has 26 heavy (non-hydrogen) atoms. The summed E-state index contributed by atoms with van der Waals surface area (Å²) >= 11 is 0. The molecule has 0 aromatic carbocycles. The van der Waals surface area contributed by atoms with E-state index in [0.717, 1.165) is 29.8 Å². The van der Waals surface area contributed by atoms with E-state index in [4.69, 9.17) is 4.74 Å². The zero-order chi connectivity index (χ0) is 18.7. The smallest absolute Gasteiger partial charge is 0.310 e.